The van der Waals surface area contributed by atoms with Crippen molar-refractivity contribution in [2.75, 3.05) is 18.0 Å². The number of halogens is 2. The Morgan fingerprint density at radius 1 is 0.882 bits per heavy atom. The Bertz CT molecular complexity index is 1290. The second kappa shape index (κ2) is 10.1. The molecule has 172 valence electrons. The number of thioether (sulfide) groups is 2. The van der Waals surface area contributed by atoms with E-state index in [0.29, 0.717) is 26.7 Å². The zero-order valence-corrected chi connectivity index (χ0v) is 21.5. The lowest BCUT2D eigenvalue weighted by molar-refractivity contribution is -0.122. The molecule has 1 amide bonds. The fraction of sp³-hybridized carbons (Fsp3) is 0.154. The molecule has 0 N–H and O–H groups in total. The predicted molar refractivity (Wildman–Crippen MR) is 145 cm³/mol. The monoisotopic (exact) mass is 525 g/mol. The molecule has 1 fully saturated rings. The highest BCUT2D eigenvalue weighted by Crippen LogP contribution is 2.51. The predicted octanol–water partition coefficient (Wildman–Crippen LogP) is 7.60. The maximum Gasteiger partial charge on any atom is 0.269 e. The van der Waals surface area contributed by atoms with Gasteiger partial charge in [-0.15, -0.1) is 0 Å². The minimum absolute atomic E-state index is 0.0199. The Balaban J connectivity index is 1.52. The van der Waals surface area contributed by atoms with Crippen molar-refractivity contribution in [3.63, 3.8) is 0 Å². The van der Waals surface area contributed by atoms with Crippen LogP contribution in [-0.4, -0.2) is 29.1 Å². The molecule has 3 aromatic rings. The summed E-state index contributed by atoms with van der Waals surface area (Å²) in [6.07, 6.45) is 0.746. The Labute approximate surface area is 217 Å². The summed E-state index contributed by atoms with van der Waals surface area (Å²) in [5.41, 5.74) is 2.98. The molecule has 0 spiro atoms. The molecule has 0 unspecified atom stereocenters. The normalized spacial score (nSPS) is 18.8. The molecule has 0 saturated carbocycles. The molecule has 0 aromatic heterocycles. The van der Waals surface area contributed by atoms with Crippen molar-refractivity contribution in [3.8, 4) is 0 Å². The molecule has 4 nitrogen and oxygen atoms in total. The SMILES string of the molecule is CCN1/C(=C2/SC(=Nc3ccc(Cl)cc3)N(CCc3ccccc3)C2=O)Sc2ccc(Cl)cc21. The van der Waals surface area contributed by atoms with Gasteiger partial charge in [-0.1, -0.05) is 65.3 Å². The van der Waals surface area contributed by atoms with Crippen LogP contribution in [0.4, 0.5) is 11.4 Å². The number of hydrogen-bond donors (Lipinski definition) is 0. The van der Waals surface area contributed by atoms with Crippen LogP contribution in [0.25, 0.3) is 0 Å². The first-order valence-electron chi connectivity index (χ1n) is 10.9. The fourth-order valence-electron chi connectivity index (χ4n) is 3.87. The number of aliphatic imine (C=N–C) groups is 1. The lowest BCUT2D eigenvalue weighted by Crippen LogP contribution is -2.32. The van der Waals surface area contributed by atoms with Crippen LogP contribution in [0.3, 0.4) is 0 Å². The van der Waals surface area contributed by atoms with Crippen LogP contribution >= 0.6 is 46.7 Å². The number of anilines is 1. The van der Waals surface area contributed by atoms with Gasteiger partial charge in [-0.25, -0.2) is 4.99 Å². The van der Waals surface area contributed by atoms with Crippen molar-refractivity contribution in [2.24, 2.45) is 4.99 Å². The van der Waals surface area contributed by atoms with E-state index < -0.39 is 0 Å². The standard InChI is InChI=1S/C26H21Cl2N3OS2/c1-2-30-21-16-19(28)10-13-22(21)33-25(30)23-24(32)31(15-14-17-6-4-3-5-7-17)26(34-23)29-20-11-8-18(27)9-12-20/h3-13,16H,2,14-15H2,1H3/b25-23-,29-26?. The lowest BCUT2D eigenvalue weighted by Gasteiger charge is -2.19. The zero-order chi connectivity index (χ0) is 23.7. The number of carbonyl (C=O) groups is 1. The van der Waals surface area contributed by atoms with E-state index in [1.54, 1.807) is 16.7 Å². The fourth-order valence-corrected chi connectivity index (χ4v) is 6.56. The number of fused-ring (bicyclic) bond motifs is 1. The summed E-state index contributed by atoms with van der Waals surface area (Å²) in [6.45, 7) is 3.37. The molecule has 2 heterocycles. The van der Waals surface area contributed by atoms with E-state index in [1.165, 1.54) is 17.3 Å². The van der Waals surface area contributed by atoms with E-state index in [0.717, 1.165) is 34.3 Å². The Hall–Kier alpha value is -2.38. The maximum absolute atomic E-state index is 13.7. The van der Waals surface area contributed by atoms with E-state index in [9.17, 15) is 4.79 Å². The second-order valence-corrected chi connectivity index (χ2v) is 10.6. The maximum atomic E-state index is 13.7. The number of carbonyl (C=O) groups excluding carboxylic acids is 1. The van der Waals surface area contributed by atoms with Gasteiger partial charge in [-0.05, 0) is 73.1 Å². The first-order chi connectivity index (χ1) is 16.5. The van der Waals surface area contributed by atoms with Gasteiger partial charge in [0.1, 0.15) is 9.93 Å². The van der Waals surface area contributed by atoms with Gasteiger partial charge in [-0.3, -0.25) is 9.69 Å². The molecule has 5 rings (SSSR count). The number of amidine groups is 1. The van der Waals surface area contributed by atoms with Crippen LogP contribution in [0, 0.1) is 0 Å². The summed E-state index contributed by atoms with van der Waals surface area (Å²) in [5, 5.41) is 2.95. The van der Waals surface area contributed by atoms with E-state index in [4.69, 9.17) is 28.2 Å². The average Bonchev–Trinajstić information content (AvgIpc) is 3.36. The van der Waals surface area contributed by atoms with Gasteiger partial charge < -0.3 is 4.90 Å². The molecular weight excluding hydrogens is 505 g/mol. The van der Waals surface area contributed by atoms with E-state index in [2.05, 4.69) is 24.0 Å². The third-order valence-corrected chi connectivity index (χ3v) is 8.42. The van der Waals surface area contributed by atoms with Gasteiger partial charge in [0, 0.05) is 28.0 Å². The molecule has 1 saturated heterocycles. The van der Waals surface area contributed by atoms with Crippen molar-refractivity contribution in [3.05, 3.63) is 98.3 Å². The van der Waals surface area contributed by atoms with E-state index in [1.807, 2.05) is 60.7 Å². The second-order valence-electron chi connectivity index (χ2n) is 7.76. The molecular formula is C26H21Cl2N3OS2. The number of rotatable bonds is 5. The smallest absolute Gasteiger partial charge is 0.269 e. The molecule has 3 aromatic carbocycles. The molecule has 2 aliphatic heterocycles. The van der Waals surface area contributed by atoms with Crippen LogP contribution in [-0.2, 0) is 11.2 Å². The average molecular weight is 527 g/mol. The minimum atomic E-state index is -0.0199. The van der Waals surface area contributed by atoms with Crippen molar-refractivity contribution in [1.29, 1.82) is 0 Å². The summed E-state index contributed by atoms with van der Waals surface area (Å²) in [4.78, 5) is 24.3. The summed E-state index contributed by atoms with van der Waals surface area (Å²) in [7, 11) is 0. The highest BCUT2D eigenvalue weighted by molar-refractivity contribution is 8.19. The topological polar surface area (TPSA) is 35.9 Å². The lowest BCUT2D eigenvalue weighted by atomic mass is 10.1. The van der Waals surface area contributed by atoms with Crippen LogP contribution in [0.2, 0.25) is 10.0 Å². The molecule has 0 atom stereocenters. The largest absolute Gasteiger partial charge is 0.334 e. The summed E-state index contributed by atoms with van der Waals surface area (Å²) in [6, 6.07) is 23.4. The summed E-state index contributed by atoms with van der Waals surface area (Å²) >= 11 is 15.4. The van der Waals surface area contributed by atoms with Crippen LogP contribution in [0.15, 0.2) is 92.6 Å². The van der Waals surface area contributed by atoms with Crippen molar-refractivity contribution < 1.29 is 4.79 Å². The number of benzene rings is 3. The zero-order valence-electron chi connectivity index (χ0n) is 18.4. The number of hydrogen-bond acceptors (Lipinski definition) is 5. The van der Waals surface area contributed by atoms with Gasteiger partial charge in [0.2, 0.25) is 0 Å². The van der Waals surface area contributed by atoms with Crippen LogP contribution in [0.5, 0.6) is 0 Å². The highest BCUT2D eigenvalue weighted by atomic mass is 35.5. The highest BCUT2D eigenvalue weighted by Gasteiger charge is 2.39. The number of amides is 1. The summed E-state index contributed by atoms with van der Waals surface area (Å²) < 4.78 is 0. The third kappa shape index (κ3) is 4.73. The first kappa shape index (κ1) is 23.4. The summed E-state index contributed by atoms with van der Waals surface area (Å²) in [5.74, 6) is -0.0199. The molecule has 8 heteroatoms. The molecule has 2 aliphatic rings. The van der Waals surface area contributed by atoms with Crippen molar-refractivity contribution >= 4 is 69.2 Å². The van der Waals surface area contributed by atoms with Gasteiger partial charge in [0.05, 0.1) is 11.4 Å². The Kier molecular flexibility index (Phi) is 6.93. The minimum Gasteiger partial charge on any atom is -0.334 e. The first-order valence-corrected chi connectivity index (χ1v) is 13.3. The van der Waals surface area contributed by atoms with Crippen LogP contribution in [0.1, 0.15) is 12.5 Å². The van der Waals surface area contributed by atoms with Crippen molar-refractivity contribution in [2.45, 2.75) is 18.2 Å². The van der Waals surface area contributed by atoms with Crippen molar-refractivity contribution in [1.82, 2.24) is 4.90 Å². The van der Waals surface area contributed by atoms with E-state index >= 15 is 0 Å². The van der Waals surface area contributed by atoms with Gasteiger partial charge in [0.25, 0.3) is 5.91 Å². The van der Waals surface area contributed by atoms with Crippen LogP contribution < -0.4 is 4.90 Å². The van der Waals surface area contributed by atoms with Gasteiger partial charge in [0.15, 0.2) is 5.17 Å². The number of nitrogens with zero attached hydrogens (tertiary/aromatic N) is 3. The van der Waals surface area contributed by atoms with Gasteiger partial charge in [-0.2, -0.15) is 0 Å². The molecule has 0 aliphatic carbocycles. The molecule has 34 heavy (non-hydrogen) atoms. The Morgan fingerprint density at radius 2 is 1.62 bits per heavy atom. The quantitative estimate of drug-likeness (QED) is 0.321. The van der Waals surface area contributed by atoms with E-state index in [-0.39, 0.29) is 5.91 Å². The Morgan fingerprint density at radius 3 is 2.35 bits per heavy atom. The molecule has 0 radical (unpaired) electrons. The van der Waals surface area contributed by atoms with Gasteiger partial charge >= 0.3 is 0 Å². The third-order valence-electron chi connectivity index (χ3n) is 5.56. The molecule has 0 bridgehead atoms.